The number of rotatable bonds is 8. The van der Waals surface area contributed by atoms with Crippen LogP contribution in [0.4, 0.5) is 4.39 Å². The topological polar surface area (TPSA) is 88.0 Å². The minimum absolute atomic E-state index is 0.1000. The van der Waals surface area contributed by atoms with E-state index in [1.165, 1.54) is 12.1 Å². The van der Waals surface area contributed by atoms with Crippen molar-refractivity contribution in [3.8, 4) is 0 Å². The maximum absolute atomic E-state index is 13.8. The summed E-state index contributed by atoms with van der Waals surface area (Å²) in [4.78, 5) is 13.3. The highest BCUT2D eigenvalue weighted by atomic mass is 35.5. The van der Waals surface area contributed by atoms with E-state index >= 15 is 0 Å². The Bertz CT molecular complexity index is 1230. The highest BCUT2D eigenvalue weighted by molar-refractivity contribution is 7.77. The number of hydrogen-bond acceptors (Lipinski definition) is 4. The van der Waals surface area contributed by atoms with Crippen molar-refractivity contribution in [2.45, 2.75) is 18.4 Å². The van der Waals surface area contributed by atoms with Crippen LogP contribution >= 0.6 is 23.2 Å². The van der Waals surface area contributed by atoms with Crippen LogP contribution in [0.2, 0.25) is 10.3 Å². The third-order valence-corrected chi connectivity index (χ3v) is 6.14. The van der Waals surface area contributed by atoms with Crippen LogP contribution in [0.25, 0.3) is 0 Å². The Balaban J connectivity index is 1.89. The minimum Gasteiger partial charge on any atom is -0.294 e. The van der Waals surface area contributed by atoms with Crippen molar-refractivity contribution in [3.63, 3.8) is 0 Å². The van der Waals surface area contributed by atoms with Crippen molar-refractivity contribution >= 4 is 34.5 Å². The SMILES string of the molecule is O=S(O)NCc1cccc(C(c2ccc(F)cc2)C(c2ccc(Cl)nc2)c2ccc(Cl)nc2)n1. The third kappa shape index (κ3) is 6.02. The fourth-order valence-electron chi connectivity index (χ4n) is 3.83. The lowest BCUT2D eigenvalue weighted by atomic mass is 9.76. The van der Waals surface area contributed by atoms with Crippen LogP contribution < -0.4 is 4.72 Å². The fraction of sp³-hybridized carbons (Fsp3) is 0.125. The molecule has 0 aliphatic rings. The van der Waals surface area contributed by atoms with Crippen molar-refractivity contribution in [1.82, 2.24) is 19.7 Å². The molecule has 3 heterocycles. The molecule has 0 spiro atoms. The van der Waals surface area contributed by atoms with Crippen LogP contribution in [0.5, 0.6) is 0 Å². The lowest BCUT2D eigenvalue weighted by molar-refractivity contribution is 0.547. The van der Waals surface area contributed by atoms with Gasteiger partial charge in [-0.15, -0.1) is 0 Å². The third-order valence-electron chi connectivity index (χ3n) is 5.30. The van der Waals surface area contributed by atoms with E-state index in [1.54, 1.807) is 42.7 Å². The second kappa shape index (κ2) is 11.1. The van der Waals surface area contributed by atoms with Gasteiger partial charge < -0.3 is 0 Å². The van der Waals surface area contributed by atoms with Gasteiger partial charge in [0.25, 0.3) is 0 Å². The zero-order valence-electron chi connectivity index (χ0n) is 17.6. The lowest BCUT2D eigenvalue weighted by Crippen LogP contribution is -2.19. The largest absolute Gasteiger partial charge is 0.294 e. The van der Waals surface area contributed by atoms with E-state index in [0.29, 0.717) is 21.7 Å². The van der Waals surface area contributed by atoms with Crippen LogP contribution in [0.1, 0.15) is 39.9 Å². The standard InChI is InChI=1S/C24H19Cl2FN4O2S/c25-21-10-6-16(12-28-21)23(17-7-11-22(26)29-13-17)24(15-4-8-18(27)9-5-15)20-3-1-2-19(31-20)14-30-34(32)33/h1-13,23-24,30H,14H2,(H,32,33). The molecule has 2 unspecified atom stereocenters. The summed E-state index contributed by atoms with van der Waals surface area (Å²) < 4.78 is 36.4. The van der Waals surface area contributed by atoms with E-state index in [2.05, 4.69) is 14.7 Å². The molecule has 0 aliphatic heterocycles. The van der Waals surface area contributed by atoms with Gasteiger partial charge in [0.15, 0.2) is 0 Å². The molecule has 0 saturated carbocycles. The molecule has 0 aliphatic carbocycles. The van der Waals surface area contributed by atoms with E-state index < -0.39 is 11.3 Å². The van der Waals surface area contributed by atoms with Gasteiger partial charge in [0, 0.05) is 29.9 Å². The summed E-state index contributed by atoms with van der Waals surface area (Å²) >= 11 is 9.93. The Labute approximate surface area is 208 Å². The molecule has 34 heavy (non-hydrogen) atoms. The van der Waals surface area contributed by atoms with Crippen molar-refractivity contribution in [1.29, 1.82) is 0 Å². The highest BCUT2D eigenvalue weighted by Gasteiger charge is 2.30. The molecular formula is C24H19Cl2FN4O2S. The van der Waals surface area contributed by atoms with Gasteiger partial charge in [-0.1, -0.05) is 53.5 Å². The second-order valence-electron chi connectivity index (χ2n) is 7.46. The first-order valence-electron chi connectivity index (χ1n) is 10.2. The van der Waals surface area contributed by atoms with Gasteiger partial charge in [0.2, 0.25) is 11.3 Å². The van der Waals surface area contributed by atoms with Crippen LogP contribution in [-0.4, -0.2) is 23.7 Å². The highest BCUT2D eigenvalue weighted by Crippen LogP contribution is 2.42. The quantitative estimate of drug-likeness (QED) is 0.238. The molecular weight excluding hydrogens is 498 g/mol. The number of pyridine rings is 3. The van der Waals surface area contributed by atoms with E-state index in [-0.39, 0.29) is 24.2 Å². The van der Waals surface area contributed by atoms with Crippen LogP contribution in [-0.2, 0) is 17.8 Å². The molecule has 0 bridgehead atoms. The van der Waals surface area contributed by atoms with Gasteiger partial charge in [0.05, 0.1) is 12.2 Å². The Kier molecular flexibility index (Phi) is 7.97. The van der Waals surface area contributed by atoms with Crippen molar-refractivity contribution in [2.75, 3.05) is 0 Å². The molecule has 6 nitrogen and oxygen atoms in total. The average molecular weight is 517 g/mol. The molecule has 2 atom stereocenters. The van der Waals surface area contributed by atoms with Crippen molar-refractivity contribution < 1.29 is 13.2 Å². The van der Waals surface area contributed by atoms with Crippen LogP contribution in [0.3, 0.4) is 0 Å². The number of nitrogens with one attached hydrogen (secondary N) is 1. The number of nitrogens with zero attached hydrogens (tertiary/aromatic N) is 3. The van der Waals surface area contributed by atoms with E-state index in [9.17, 15) is 8.60 Å². The first kappa shape index (κ1) is 24.4. The molecule has 3 aromatic heterocycles. The second-order valence-corrected chi connectivity index (χ2v) is 9.02. The van der Waals surface area contributed by atoms with E-state index in [1.807, 2.05) is 24.3 Å². The molecule has 1 aromatic carbocycles. The number of benzene rings is 1. The Morgan fingerprint density at radius 1 is 0.853 bits per heavy atom. The summed E-state index contributed by atoms with van der Waals surface area (Å²) in [5, 5.41) is 0.719. The summed E-state index contributed by atoms with van der Waals surface area (Å²) in [7, 11) is 0. The first-order valence-corrected chi connectivity index (χ1v) is 12.1. The Morgan fingerprint density at radius 2 is 1.44 bits per heavy atom. The summed E-state index contributed by atoms with van der Waals surface area (Å²) in [6, 6.07) is 18.9. The molecule has 0 amide bonds. The Hall–Kier alpha value is -2.75. The lowest BCUT2D eigenvalue weighted by Gasteiger charge is -2.28. The molecule has 0 fully saturated rings. The molecule has 2 N–H and O–H groups in total. The molecule has 174 valence electrons. The monoisotopic (exact) mass is 516 g/mol. The molecule has 4 aromatic rings. The van der Waals surface area contributed by atoms with E-state index in [4.69, 9.17) is 32.7 Å². The zero-order chi connectivity index (χ0) is 24.1. The molecule has 10 heteroatoms. The maximum Gasteiger partial charge on any atom is 0.232 e. The average Bonchev–Trinajstić information content (AvgIpc) is 2.84. The predicted octanol–water partition coefficient (Wildman–Crippen LogP) is 5.51. The summed E-state index contributed by atoms with van der Waals surface area (Å²) in [6.07, 6.45) is 3.39. The molecule has 0 radical (unpaired) electrons. The van der Waals surface area contributed by atoms with Crippen molar-refractivity contribution in [2.24, 2.45) is 0 Å². The number of hydrogen-bond donors (Lipinski definition) is 2. The van der Waals surface area contributed by atoms with Crippen LogP contribution in [0.15, 0.2) is 79.1 Å². The van der Waals surface area contributed by atoms with Gasteiger partial charge in [0.1, 0.15) is 16.1 Å². The number of halogens is 3. The van der Waals surface area contributed by atoms with E-state index in [0.717, 1.165) is 16.7 Å². The maximum atomic E-state index is 13.8. The number of aromatic nitrogens is 3. The van der Waals surface area contributed by atoms with Gasteiger partial charge in [-0.05, 0) is 53.1 Å². The van der Waals surface area contributed by atoms with Gasteiger partial charge in [-0.2, -0.15) is 0 Å². The Morgan fingerprint density at radius 3 is 1.97 bits per heavy atom. The summed E-state index contributed by atoms with van der Waals surface area (Å²) in [6.45, 7) is 0.1000. The molecule has 0 saturated heterocycles. The van der Waals surface area contributed by atoms with Crippen molar-refractivity contribution in [3.05, 3.63) is 123 Å². The normalized spacial score (nSPS) is 13.1. The first-order chi connectivity index (χ1) is 16.4. The van der Waals surface area contributed by atoms with Gasteiger partial charge in [-0.3, -0.25) is 9.54 Å². The van der Waals surface area contributed by atoms with Gasteiger partial charge >= 0.3 is 0 Å². The summed E-state index contributed by atoms with van der Waals surface area (Å²) in [5.74, 6) is -1.04. The smallest absolute Gasteiger partial charge is 0.232 e. The minimum atomic E-state index is -2.17. The zero-order valence-corrected chi connectivity index (χ0v) is 19.9. The molecule has 4 rings (SSSR count). The summed E-state index contributed by atoms with van der Waals surface area (Å²) in [5.41, 5.74) is 3.78. The van der Waals surface area contributed by atoms with Crippen LogP contribution in [0, 0.1) is 5.82 Å². The predicted molar refractivity (Wildman–Crippen MR) is 130 cm³/mol. The fourth-order valence-corrected chi connectivity index (χ4v) is 4.32. The van der Waals surface area contributed by atoms with Gasteiger partial charge in [-0.25, -0.2) is 23.3 Å².